The van der Waals surface area contributed by atoms with Crippen molar-refractivity contribution in [3.05, 3.63) is 22.4 Å². The highest BCUT2D eigenvalue weighted by molar-refractivity contribution is 9.10. The van der Waals surface area contributed by atoms with Crippen LogP contribution >= 0.6 is 27.3 Å². The fourth-order valence-corrected chi connectivity index (χ4v) is 5.43. The third kappa shape index (κ3) is 3.54. The van der Waals surface area contributed by atoms with Gasteiger partial charge in [0.2, 0.25) is 0 Å². The van der Waals surface area contributed by atoms with Crippen molar-refractivity contribution in [2.75, 3.05) is 11.9 Å². The summed E-state index contributed by atoms with van der Waals surface area (Å²) in [6, 6.07) is 3.79. The van der Waals surface area contributed by atoms with Gasteiger partial charge in [-0.3, -0.25) is 0 Å². The number of hydrogen-bond donors (Lipinski definition) is 1. The molecule has 1 aliphatic rings. The van der Waals surface area contributed by atoms with Gasteiger partial charge in [0, 0.05) is 28.6 Å². The van der Waals surface area contributed by atoms with Crippen LogP contribution in [0.25, 0.3) is 10.2 Å². The second-order valence-corrected chi connectivity index (χ2v) is 9.72. The Morgan fingerprint density at radius 1 is 1.26 bits per heavy atom. The molecule has 0 radical (unpaired) electrons. The van der Waals surface area contributed by atoms with Crippen LogP contribution in [0, 0.1) is 5.82 Å². The number of halogens is 2. The van der Waals surface area contributed by atoms with Gasteiger partial charge >= 0.3 is 0 Å². The first-order chi connectivity index (χ1) is 10.6. The van der Waals surface area contributed by atoms with E-state index in [4.69, 9.17) is 0 Å². The van der Waals surface area contributed by atoms with Gasteiger partial charge in [0.1, 0.15) is 5.52 Å². The Bertz CT molecular complexity index is 725. The first-order valence-electron chi connectivity index (χ1n) is 7.84. The van der Waals surface area contributed by atoms with Crippen molar-refractivity contribution >= 4 is 42.6 Å². The van der Waals surface area contributed by atoms with Crippen LogP contribution < -0.4 is 10.2 Å². The molecule has 1 aromatic carbocycles. The molecule has 0 unspecified atom stereocenters. The quantitative estimate of drug-likeness (QED) is 0.774. The van der Waals surface area contributed by atoms with Crippen molar-refractivity contribution in [2.24, 2.45) is 0 Å². The van der Waals surface area contributed by atoms with Gasteiger partial charge in [0.05, 0.1) is 4.70 Å². The minimum atomic E-state index is -0.267. The van der Waals surface area contributed by atoms with Gasteiger partial charge in [0.25, 0.3) is 0 Å². The lowest BCUT2D eigenvalue weighted by atomic mass is 9.79. The molecule has 1 fully saturated rings. The molecule has 1 aliphatic heterocycles. The molecule has 2 aromatic rings. The van der Waals surface area contributed by atoms with Crippen molar-refractivity contribution in [2.45, 2.75) is 57.7 Å². The second-order valence-electron chi connectivity index (χ2n) is 7.80. The molecule has 3 nitrogen and oxygen atoms in total. The average Bonchev–Trinajstić information content (AvgIpc) is 2.78. The molecule has 23 heavy (non-hydrogen) atoms. The van der Waals surface area contributed by atoms with Crippen LogP contribution in [0.1, 0.15) is 40.5 Å². The number of nitrogens with one attached hydrogen (secondary N) is 1. The Morgan fingerprint density at radius 2 is 1.87 bits per heavy atom. The molecule has 0 saturated carbocycles. The minimum Gasteiger partial charge on any atom is -0.348 e. The van der Waals surface area contributed by atoms with Gasteiger partial charge in [-0.1, -0.05) is 27.3 Å². The minimum absolute atomic E-state index is 0.0750. The molecule has 126 valence electrons. The zero-order valence-electron chi connectivity index (χ0n) is 14.2. The summed E-state index contributed by atoms with van der Waals surface area (Å²) in [5.41, 5.74) is 0.615. The molecular weight excluding hydrogens is 377 g/mol. The van der Waals surface area contributed by atoms with Gasteiger partial charge in [-0.25, -0.2) is 9.37 Å². The molecule has 1 saturated heterocycles. The predicted octanol–water partition coefficient (Wildman–Crippen LogP) is 4.94. The van der Waals surface area contributed by atoms with Crippen molar-refractivity contribution in [3.63, 3.8) is 0 Å². The molecule has 6 heteroatoms. The highest BCUT2D eigenvalue weighted by Gasteiger charge is 2.39. The van der Waals surface area contributed by atoms with Crippen LogP contribution in [0.3, 0.4) is 0 Å². The fourth-order valence-electron chi connectivity index (χ4n) is 3.79. The molecule has 0 bridgehead atoms. The van der Waals surface area contributed by atoms with Crippen LogP contribution in [-0.4, -0.2) is 29.2 Å². The lowest BCUT2D eigenvalue weighted by Gasteiger charge is -2.48. The standard InChI is InChI=1S/C17H23BrFN3S/c1-16(2)8-11(9-17(3,4)21-16)22(5)15-20-14-12(19)6-10(18)7-13(14)23-15/h6-7,11,21H,8-9H2,1-5H3. The number of piperidine rings is 1. The Labute approximate surface area is 149 Å². The zero-order chi connectivity index (χ0) is 17.0. The smallest absolute Gasteiger partial charge is 0.186 e. The molecule has 0 spiro atoms. The van der Waals surface area contributed by atoms with E-state index in [1.165, 1.54) is 6.07 Å². The Morgan fingerprint density at radius 3 is 2.48 bits per heavy atom. The molecule has 3 rings (SSSR count). The summed E-state index contributed by atoms with van der Waals surface area (Å²) in [5.74, 6) is -0.267. The van der Waals surface area contributed by atoms with Gasteiger partial charge in [-0.15, -0.1) is 0 Å². The van der Waals surface area contributed by atoms with Gasteiger partial charge < -0.3 is 10.2 Å². The summed E-state index contributed by atoms with van der Waals surface area (Å²) < 4.78 is 15.7. The van der Waals surface area contributed by atoms with Crippen molar-refractivity contribution in [1.82, 2.24) is 10.3 Å². The summed E-state index contributed by atoms with van der Waals surface area (Å²) in [4.78, 5) is 6.78. The lowest BCUT2D eigenvalue weighted by molar-refractivity contribution is 0.161. The molecule has 0 amide bonds. The molecule has 0 atom stereocenters. The first kappa shape index (κ1) is 17.1. The number of anilines is 1. The SMILES string of the molecule is CN(c1nc2c(F)cc(Br)cc2s1)C1CC(C)(C)NC(C)(C)C1. The lowest BCUT2D eigenvalue weighted by Crippen LogP contribution is -2.61. The highest BCUT2D eigenvalue weighted by atomic mass is 79.9. The van der Waals surface area contributed by atoms with E-state index in [0.717, 1.165) is 27.1 Å². The second kappa shape index (κ2) is 5.67. The van der Waals surface area contributed by atoms with Crippen LogP contribution in [0.15, 0.2) is 16.6 Å². The molecule has 1 aromatic heterocycles. The van der Waals surface area contributed by atoms with Crippen LogP contribution in [0.4, 0.5) is 9.52 Å². The van der Waals surface area contributed by atoms with Gasteiger partial charge in [0.15, 0.2) is 10.9 Å². The Balaban J connectivity index is 1.93. The van der Waals surface area contributed by atoms with Gasteiger partial charge in [-0.05, 0) is 52.7 Å². The van der Waals surface area contributed by atoms with E-state index >= 15 is 0 Å². The van der Waals surface area contributed by atoms with E-state index in [9.17, 15) is 4.39 Å². The molecule has 0 aliphatic carbocycles. The number of thiazole rings is 1. The summed E-state index contributed by atoms with van der Waals surface area (Å²) in [6.45, 7) is 8.96. The Hall–Kier alpha value is -0.720. The van der Waals surface area contributed by atoms with Crippen LogP contribution in [-0.2, 0) is 0 Å². The number of nitrogens with zero attached hydrogens (tertiary/aromatic N) is 2. The average molecular weight is 400 g/mol. The zero-order valence-corrected chi connectivity index (χ0v) is 16.6. The molecule has 2 heterocycles. The number of hydrogen-bond acceptors (Lipinski definition) is 4. The topological polar surface area (TPSA) is 28.2 Å². The number of aromatic nitrogens is 1. The van der Waals surface area contributed by atoms with Crippen molar-refractivity contribution in [1.29, 1.82) is 0 Å². The first-order valence-corrected chi connectivity index (χ1v) is 9.45. The molecular formula is C17H23BrFN3S. The summed E-state index contributed by atoms with van der Waals surface area (Å²) in [6.07, 6.45) is 2.07. The maximum atomic E-state index is 14.1. The van der Waals surface area contributed by atoms with Crippen molar-refractivity contribution in [3.8, 4) is 0 Å². The van der Waals surface area contributed by atoms with E-state index in [1.807, 2.05) is 6.07 Å². The third-order valence-electron chi connectivity index (χ3n) is 4.42. The van der Waals surface area contributed by atoms with E-state index in [1.54, 1.807) is 11.3 Å². The van der Waals surface area contributed by atoms with Crippen LogP contribution in [0.5, 0.6) is 0 Å². The maximum absolute atomic E-state index is 14.1. The van der Waals surface area contributed by atoms with E-state index in [2.05, 4.69) is 65.9 Å². The third-order valence-corrected chi connectivity index (χ3v) is 5.97. The molecule has 1 N–H and O–H groups in total. The van der Waals surface area contributed by atoms with E-state index in [0.29, 0.717) is 11.6 Å². The summed E-state index contributed by atoms with van der Waals surface area (Å²) in [7, 11) is 2.08. The number of fused-ring (bicyclic) bond motifs is 1. The van der Waals surface area contributed by atoms with E-state index < -0.39 is 0 Å². The number of rotatable bonds is 2. The maximum Gasteiger partial charge on any atom is 0.186 e. The highest BCUT2D eigenvalue weighted by Crippen LogP contribution is 2.37. The van der Waals surface area contributed by atoms with Crippen molar-refractivity contribution < 1.29 is 4.39 Å². The fraction of sp³-hybridized carbons (Fsp3) is 0.588. The normalized spacial score (nSPS) is 20.8. The largest absolute Gasteiger partial charge is 0.348 e. The summed E-state index contributed by atoms with van der Waals surface area (Å²) >= 11 is 4.90. The predicted molar refractivity (Wildman–Crippen MR) is 100.0 cm³/mol. The van der Waals surface area contributed by atoms with Crippen LogP contribution in [0.2, 0.25) is 0 Å². The van der Waals surface area contributed by atoms with Gasteiger partial charge in [-0.2, -0.15) is 0 Å². The monoisotopic (exact) mass is 399 g/mol. The van der Waals surface area contributed by atoms with E-state index in [-0.39, 0.29) is 16.9 Å². The Kier molecular flexibility index (Phi) is 4.22. The summed E-state index contributed by atoms with van der Waals surface area (Å²) in [5, 5.41) is 4.59. The number of benzene rings is 1.